The molecule has 31 heavy (non-hydrogen) atoms. The SMILES string of the molecule is O=C(CC(=O)Nc1ccccc1F)NN=Cc1ccc(OCc2ccccc2)c(Br)c1. The largest absolute Gasteiger partial charge is 0.488 e. The molecular formula is C23H19BrFN3O3. The summed E-state index contributed by atoms with van der Waals surface area (Å²) in [4.78, 5) is 23.7. The highest BCUT2D eigenvalue weighted by Gasteiger charge is 2.11. The minimum Gasteiger partial charge on any atom is -0.488 e. The van der Waals surface area contributed by atoms with Crippen molar-refractivity contribution in [1.82, 2.24) is 5.43 Å². The number of amides is 2. The molecule has 0 saturated carbocycles. The van der Waals surface area contributed by atoms with Gasteiger partial charge in [0.25, 0.3) is 0 Å². The van der Waals surface area contributed by atoms with Crippen LogP contribution < -0.4 is 15.5 Å². The van der Waals surface area contributed by atoms with Gasteiger partial charge >= 0.3 is 0 Å². The summed E-state index contributed by atoms with van der Waals surface area (Å²) in [6, 6.07) is 20.9. The molecule has 158 valence electrons. The van der Waals surface area contributed by atoms with Gasteiger partial charge in [0.1, 0.15) is 24.6 Å². The van der Waals surface area contributed by atoms with E-state index in [-0.39, 0.29) is 5.69 Å². The maximum Gasteiger partial charge on any atom is 0.249 e. The van der Waals surface area contributed by atoms with Gasteiger partial charge in [0.05, 0.1) is 16.4 Å². The van der Waals surface area contributed by atoms with Gasteiger partial charge in [-0.05, 0) is 57.4 Å². The highest BCUT2D eigenvalue weighted by molar-refractivity contribution is 9.10. The Hall–Kier alpha value is -3.52. The second-order valence-electron chi connectivity index (χ2n) is 6.46. The molecule has 0 heterocycles. The van der Waals surface area contributed by atoms with Gasteiger partial charge in [-0.1, -0.05) is 42.5 Å². The number of halogens is 2. The van der Waals surface area contributed by atoms with E-state index in [1.165, 1.54) is 24.4 Å². The molecule has 0 aliphatic carbocycles. The van der Waals surface area contributed by atoms with E-state index >= 15 is 0 Å². The maximum atomic E-state index is 13.5. The van der Waals surface area contributed by atoms with Crippen LogP contribution in [0.3, 0.4) is 0 Å². The fraction of sp³-hybridized carbons (Fsp3) is 0.0870. The Bertz CT molecular complexity index is 1090. The first-order valence-corrected chi connectivity index (χ1v) is 10.1. The summed E-state index contributed by atoms with van der Waals surface area (Å²) < 4.78 is 20.1. The van der Waals surface area contributed by atoms with E-state index in [1.54, 1.807) is 24.3 Å². The van der Waals surface area contributed by atoms with E-state index in [2.05, 4.69) is 31.8 Å². The number of para-hydroxylation sites is 1. The molecule has 0 atom stereocenters. The number of nitrogens with one attached hydrogen (secondary N) is 2. The number of hydrogen-bond donors (Lipinski definition) is 2. The lowest BCUT2D eigenvalue weighted by Gasteiger charge is -2.09. The Morgan fingerprint density at radius 1 is 1.00 bits per heavy atom. The van der Waals surface area contributed by atoms with E-state index in [0.717, 1.165) is 15.6 Å². The lowest BCUT2D eigenvalue weighted by Crippen LogP contribution is -2.24. The van der Waals surface area contributed by atoms with Gasteiger partial charge in [-0.25, -0.2) is 9.82 Å². The minimum atomic E-state index is -0.638. The van der Waals surface area contributed by atoms with E-state index in [1.807, 2.05) is 30.3 Å². The normalized spacial score (nSPS) is 10.6. The van der Waals surface area contributed by atoms with Crippen molar-refractivity contribution in [2.24, 2.45) is 5.10 Å². The summed E-state index contributed by atoms with van der Waals surface area (Å²) >= 11 is 3.45. The summed E-state index contributed by atoms with van der Waals surface area (Å²) in [5.41, 5.74) is 4.06. The molecule has 0 unspecified atom stereocenters. The Kier molecular flexibility index (Phi) is 7.89. The molecule has 0 spiro atoms. The van der Waals surface area contributed by atoms with Crippen LogP contribution in [0.4, 0.5) is 10.1 Å². The third-order valence-electron chi connectivity index (χ3n) is 4.07. The quantitative estimate of drug-likeness (QED) is 0.278. The number of anilines is 1. The van der Waals surface area contributed by atoms with Crippen LogP contribution in [0.5, 0.6) is 5.75 Å². The molecule has 0 aliphatic rings. The average Bonchev–Trinajstić information content (AvgIpc) is 2.75. The number of carbonyl (C=O) groups is 2. The zero-order valence-electron chi connectivity index (χ0n) is 16.3. The van der Waals surface area contributed by atoms with Crippen LogP contribution in [-0.2, 0) is 16.2 Å². The van der Waals surface area contributed by atoms with Crippen LogP contribution in [0.15, 0.2) is 82.4 Å². The van der Waals surface area contributed by atoms with Crippen molar-refractivity contribution in [2.45, 2.75) is 13.0 Å². The molecule has 2 N–H and O–H groups in total. The Labute approximate surface area is 187 Å². The second-order valence-corrected chi connectivity index (χ2v) is 7.32. The minimum absolute atomic E-state index is 0.0169. The monoisotopic (exact) mass is 483 g/mol. The number of carbonyl (C=O) groups excluding carboxylic acids is 2. The molecule has 0 bridgehead atoms. The van der Waals surface area contributed by atoms with Gasteiger partial charge in [-0.2, -0.15) is 5.10 Å². The third kappa shape index (κ3) is 7.04. The molecule has 8 heteroatoms. The van der Waals surface area contributed by atoms with Crippen LogP contribution in [0.25, 0.3) is 0 Å². The number of rotatable bonds is 8. The van der Waals surface area contributed by atoms with E-state index in [4.69, 9.17) is 4.74 Å². The highest BCUT2D eigenvalue weighted by Crippen LogP contribution is 2.26. The molecule has 3 aromatic rings. The summed E-state index contributed by atoms with van der Waals surface area (Å²) in [5, 5.41) is 6.18. The van der Waals surface area contributed by atoms with Crippen LogP contribution in [0.1, 0.15) is 17.5 Å². The molecule has 0 radical (unpaired) electrons. The van der Waals surface area contributed by atoms with E-state index in [9.17, 15) is 14.0 Å². The molecule has 2 amide bonds. The molecule has 0 aliphatic heterocycles. The number of ether oxygens (including phenoxy) is 1. The lowest BCUT2D eigenvalue weighted by molar-refractivity contribution is -0.126. The van der Waals surface area contributed by atoms with Crippen LogP contribution >= 0.6 is 15.9 Å². The first-order valence-electron chi connectivity index (χ1n) is 9.34. The molecule has 3 aromatic carbocycles. The van der Waals surface area contributed by atoms with E-state index in [0.29, 0.717) is 12.4 Å². The predicted molar refractivity (Wildman–Crippen MR) is 120 cm³/mol. The van der Waals surface area contributed by atoms with Gasteiger partial charge in [-0.15, -0.1) is 0 Å². The zero-order valence-corrected chi connectivity index (χ0v) is 17.9. The summed E-state index contributed by atoms with van der Waals surface area (Å²) in [5.74, 6) is -1.15. The van der Waals surface area contributed by atoms with Crippen molar-refractivity contribution in [3.05, 3.63) is 94.2 Å². The van der Waals surface area contributed by atoms with Gasteiger partial charge < -0.3 is 10.1 Å². The molecule has 0 fully saturated rings. The van der Waals surface area contributed by atoms with Gasteiger partial charge in [0.2, 0.25) is 11.8 Å². The van der Waals surface area contributed by atoms with Crippen molar-refractivity contribution in [1.29, 1.82) is 0 Å². The Morgan fingerprint density at radius 2 is 1.74 bits per heavy atom. The van der Waals surface area contributed by atoms with Gasteiger partial charge in [0, 0.05) is 0 Å². The summed E-state index contributed by atoms with van der Waals surface area (Å²) in [6.45, 7) is 0.442. The first-order chi connectivity index (χ1) is 15.0. The molecule has 6 nitrogen and oxygen atoms in total. The smallest absolute Gasteiger partial charge is 0.249 e. The number of hydrogen-bond acceptors (Lipinski definition) is 4. The fourth-order valence-corrected chi connectivity index (χ4v) is 3.08. The van der Waals surface area contributed by atoms with Crippen molar-refractivity contribution in [2.75, 3.05) is 5.32 Å². The molecular weight excluding hydrogens is 465 g/mol. The Morgan fingerprint density at radius 3 is 2.48 bits per heavy atom. The zero-order chi connectivity index (χ0) is 22.1. The van der Waals surface area contributed by atoms with Crippen molar-refractivity contribution in [3.8, 4) is 5.75 Å². The molecule has 0 aromatic heterocycles. The van der Waals surface area contributed by atoms with Crippen LogP contribution in [-0.4, -0.2) is 18.0 Å². The third-order valence-corrected chi connectivity index (χ3v) is 4.68. The Balaban J connectivity index is 1.47. The lowest BCUT2D eigenvalue weighted by atomic mass is 10.2. The standard InChI is InChI=1S/C23H19BrFN3O3/c24-18-12-17(10-11-21(18)31-15-16-6-2-1-3-7-16)14-26-28-23(30)13-22(29)27-20-9-5-4-8-19(20)25/h1-12,14H,13,15H2,(H,27,29)(H,28,30). The van der Waals surface area contributed by atoms with Crippen LogP contribution in [0.2, 0.25) is 0 Å². The molecule has 3 rings (SSSR count). The van der Waals surface area contributed by atoms with Crippen LogP contribution in [0, 0.1) is 5.82 Å². The summed E-state index contributed by atoms with van der Waals surface area (Å²) in [7, 11) is 0. The first kappa shape index (κ1) is 22.2. The van der Waals surface area contributed by atoms with Gasteiger partial charge in [0.15, 0.2) is 0 Å². The van der Waals surface area contributed by atoms with E-state index < -0.39 is 24.1 Å². The second kappa shape index (κ2) is 11.0. The maximum absolute atomic E-state index is 13.5. The highest BCUT2D eigenvalue weighted by atomic mass is 79.9. The predicted octanol–water partition coefficient (Wildman–Crippen LogP) is 4.65. The average molecular weight is 484 g/mol. The van der Waals surface area contributed by atoms with Crippen molar-refractivity contribution in [3.63, 3.8) is 0 Å². The van der Waals surface area contributed by atoms with Crippen molar-refractivity contribution >= 4 is 39.6 Å². The number of benzene rings is 3. The van der Waals surface area contributed by atoms with Gasteiger partial charge in [-0.3, -0.25) is 9.59 Å². The summed E-state index contributed by atoms with van der Waals surface area (Å²) in [6.07, 6.45) is 0.958. The fourth-order valence-electron chi connectivity index (χ4n) is 2.57. The van der Waals surface area contributed by atoms with Crippen molar-refractivity contribution < 1.29 is 18.7 Å². The molecule has 0 saturated heterocycles. The number of nitrogens with zero attached hydrogens (tertiary/aromatic N) is 1. The number of hydrazone groups is 1. The topological polar surface area (TPSA) is 79.8 Å².